The summed E-state index contributed by atoms with van der Waals surface area (Å²) in [4.78, 5) is 2.45. The molecule has 1 N–H and O–H groups in total. The molecule has 0 fully saturated rings. The molecule has 2 nitrogen and oxygen atoms in total. The number of rotatable bonds is 0. The van der Waals surface area contributed by atoms with E-state index in [1.165, 1.54) is 9.77 Å². The zero-order valence-electron chi connectivity index (χ0n) is 8.38. The topological polar surface area (TPSA) is 32.6 Å². The Labute approximate surface area is 102 Å². The predicted octanol–water partition coefficient (Wildman–Crippen LogP) is 3.58. The molecule has 2 aromatic rings. The number of oxime groups is 1. The van der Waals surface area contributed by atoms with Gasteiger partial charge >= 0.3 is 0 Å². The number of nitrogens with zero attached hydrogens (tertiary/aromatic N) is 1. The van der Waals surface area contributed by atoms with Crippen molar-refractivity contribution in [2.24, 2.45) is 5.16 Å². The van der Waals surface area contributed by atoms with E-state index in [0.29, 0.717) is 5.71 Å². The van der Waals surface area contributed by atoms with E-state index in [-0.39, 0.29) is 0 Å². The molecule has 0 atom stereocenters. The fraction of sp³-hybridized carbons (Fsp3) is 0.0833. The zero-order valence-corrected chi connectivity index (χ0v) is 10.0. The number of thioether (sulfide) groups is 1. The summed E-state index contributed by atoms with van der Waals surface area (Å²) in [6.45, 7) is 0. The van der Waals surface area contributed by atoms with Gasteiger partial charge in [-0.05, 0) is 17.5 Å². The van der Waals surface area contributed by atoms with Crippen molar-refractivity contribution in [3.63, 3.8) is 0 Å². The van der Waals surface area contributed by atoms with Crippen LogP contribution in [0.3, 0.4) is 0 Å². The van der Waals surface area contributed by atoms with Crippen LogP contribution in [0, 0.1) is 0 Å². The standard InChI is InChI=1S/C12H9NOS2/c14-13-12-8-3-1-2-4-10(8)16-7-11-9(12)5-6-15-11/h1-6,14H,7H2/b13-12+. The summed E-state index contributed by atoms with van der Waals surface area (Å²) in [6.07, 6.45) is 0. The number of hydrogen-bond donors (Lipinski definition) is 1. The molecule has 0 bridgehead atoms. The largest absolute Gasteiger partial charge is 0.410 e. The van der Waals surface area contributed by atoms with E-state index in [1.807, 2.05) is 29.6 Å². The molecule has 0 unspecified atom stereocenters. The highest BCUT2D eigenvalue weighted by atomic mass is 32.2. The Hall–Kier alpha value is -1.26. The van der Waals surface area contributed by atoms with E-state index in [1.54, 1.807) is 23.1 Å². The van der Waals surface area contributed by atoms with Crippen LogP contribution < -0.4 is 0 Å². The van der Waals surface area contributed by atoms with Gasteiger partial charge in [-0.3, -0.25) is 0 Å². The summed E-state index contributed by atoms with van der Waals surface area (Å²) in [6, 6.07) is 10.1. The molecule has 4 heteroatoms. The average Bonchev–Trinajstić information content (AvgIpc) is 2.72. The number of hydrogen-bond acceptors (Lipinski definition) is 4. The highest BCUT2D eigenvalue weighted by molar-refractivity contribution is 7.98. The van der Waals surface area contributed by atoms with Crippen LogP contribution in [0.15, 0.2) is 45.8 Å². The molecule has 1 aliphatic heterocycles. The van der Waals surface area contributed by atoms with Crippen molar-refractivity contribution >= 4 is 28.8 Å². The van der Waals surface area contributed by atoms with E-state index in [4.69, 9.17) is 0 Å². The molecule has 0 radical (unpaired) electrons. The summed E-state index contributed by atoms with van der Waals surface area (Å²) in [5.74, 6) is 0.947. The van der Waals surface area contributed by atoms with Crippen LogP contribution in [0.5, 0.6) is 0 Å². The van der Waals surface area contributed by atoms with Crippen molar-refractivity contribution in [1.82, 2.24) is 0 Å². The summed E-state index contributed by atoms with van der Waals surface area (Å²) >= 11 is 3.51. The first-order valence-electron chi connectivity index (χ1n) is 4.91. The fourth-order valence-electron chi connectivity index (χ4n) is 1.85. The van der Waals surface area contributed by atoms with Crippen molar-refractivity contribution < 1.29 is 5.21 Å². The van der Waals surface area contributed by atoms with Crippen LogP contribution in [0.2, 0.25) is 0 Å². The third-order valence-electron chi connectivity index (χ3n) is 2.60. The van der Waals surface area contributed by atoms with E-state index in [0.717, 1.165) is 16.9 Å². The van der Waals surface area contributed by atoms with Gasteiger partial charge in [0.1, 0.15) is 5.71 Å². The van der Waals surface area contributed by atoms with Crippen molar-refractivity contribution in [3.8, 4) is 0 Å². The first-order valence-corrected chi connectivity index (χ1v) is 6.77. The van der Waals surface area contributed by atoms with Gasteiger partial charge in [0, 0.05) is 26.7 Å². The van der Waals surface area contributed by atoms with Gasteiger partial charge in [-0.25, -0.2) is 0 Å². The number of thiophene rings is 1. The normalized spacial score (nSPS) is 16.6. The second kappa shape index (κ2) is 3.96. The minimum atomic E-state index is 0.692. The maximum absolute atomic E-state index is 9.21. The van der Waals surface area contributed by atoms with Gasteiger partial charge in [0.15, 0.2) is 0 Å². The van der Waals surface area contributed by atoms with Crippen molar-refractivity contribution in [1.29, 1.82) is 0 Å². The summed E-state index contributed by atoms with van der Waals surface area (Å²) in [7, 11) is 0. The molecule has 3 rings (SSSR count). The van der Waals surface area contributed by atoms with Crippen LogP contribution in [0.4, 0.5) is 0 Å². The number of fused-ring (bicyclic) bond motifs is 2. The van der Waals surface area contributed by atoms with Gasteiger partial charge in [-0.15, -0.1) is 23.1 Å². The Balaban J connectivity index is 2.26. The SMILES string of the molecule is O/N=C1\c2ccccc2SCc2sccc21. The van der Waals surface area contributed by atoms with Gasteiger partial charge < -0.3 is 5.21 Å². The maximum atomic E-state index is 9.21. The Bertz CT molecular complexity index is 560. The van der Waals surface area contributed by atoms with Crippen LogP contribution in [-0.2, 0) is 5.75 Å². The molecule has 1 aromatic carbocycles. The molecule has 0 saturated heterocycles. The third-order valence-corrected chi connectivity index (χ3v) is 4.81. The van der Waals surface area contributed by atoms with Crippen molar-refractivity contribution in [2.45, 2.75) is 10.6 Å². The minimum Gasteiger partial charge on any atom is -0.410 e. The zero-order chi connectivity index (χ0) is 11.0. The first kappa shape index (κ1) is 9.93. The monoisotopic (exact) mass is 247 g/mol. The Morgan fingerprint density at radius 1 is 1.12 bits per heavy atom. The first-order chi connectivity index (χ1) is 7.90. The molecular formula is C12H9NOS2. The van der Waals surface area contributed by atoms with Gasteiger partial charge in [0.05, 0.1) is 0 Å². The van der Waals surface area contributed by atoms with Crippen molar-refractivity contribution in [2.75, 3.05) is 0 Å². The molecule has 80 valence electrons. The number of benzene rings is 1. The van der Waals surface area contributed by atoms with Crippen LogP contribution in [-0.4, -0.2) is 10.9 Å². The maximum Gasteiger partial charge on any atom is 0.119 e. The second-order valence-electron chi connectivity index (χ2n) is 3.49. The highest BCUT2D eigenvalue weighted by Gasteiger charge is 2.20. The van der Waals surface area contributed by atoms with Crippen molar-refractivity contribution in [3.05, 3.63) is 51.7 Å². The van der Waals surface area contributed by atoms with Gasteiger partial charge in [-0.2, -0.15) is 0 Å². The highest BCUT2D eigenvalue weighted by Crippen LogP contribution is 2.36. The smallest absolute Gasteiger partial charge is 0.119 e. The average molecular weight is 247 g/mol. The molecule has 0 aliphatic carbocycles. The predicted molar refractivity (Wildman–Crippen MR) is 67.7 cm³/mol. The Morgan fingerprint density at radius 3 is 2.88 bits per heavy atom. The lowest BCUT2D eigenvalue weighted by Gasteiger charge is -2.04. The molecule has 16 heavy (non-hydrogen) atoms. The van der Waals surface area contributed by atoms with Gasteiger partial charge in [-0.1, -0.05) is 23.4 Å². The molecule has 0 spiro atoms. The fourth-order valence-corrected chi connectivity index (χ4v) is 3.89. The Morgan fingerprint density at radius 2 is 2.00 bits per heavy atom. The minimum absolute atomic E-state index is 0.692. The van der Waals surface area contributed by atoms with Crippen LogP contribution >= 0.6 is 23.1 Å². The van der Waals surface area contributed by atoms with Gasteiger partial charge in [0.2, 0.25) is 0 Å². The molecule has 0 amide bonds. The van der Waals surface area contributed by atoms with Crippen LogP contribution in [0.1, 0.15) is 16.0 Å². The molecular weight excluding hydrogens is 238 g/mol. The second-order valence-corrected chi connectivity index (χ2v) is 5.51. The summed E-state index contributed by atoms with van der Waals surface area (Å²) in [5.41, 5.74) is 2.77. The lowest BCUT2D eigenvalue weighted by molar-refractivity contribution is 0.319. The Kier molecular flexibility index (Phi) is 2.46. The lowest BCUT2D eigenvalue weighted by Crippen LogP contribution is -2.03. The quantitative estimate of drug-likeness (QED) is 0.570. The van der Waals surface area contributed by atoms with E-state index in [2.05, 4.69) is 11.2 Å². The van der Waals surface area contributed by atoms with Crippen LogP contribution in [0.25, 0.3) is 0 Å². The van der Waals surface area contributed by atoms with E-state index < -0.39 is 0 Å². The summed E-state index contributed by atoms with van der Waals surface area (Å²) < 4.78 is 0. The van der Waals surface area contributed by atoms with E-state index >= 15 is 0 Å². The van der Waals surface area contributed by atoms with Gasteiger partial charge in [0.25, 0.3) is 0 Å². The molecule has 0 saturated carbocycles. The molecule has 2 heterocycles. The molecule has 1 aliphatic rings. The third kappa shape index (κ3) is 1.45. The summed E-state index contributed by atoms with van der Waals surface area (Å²) in [5, 5.41) is 14.7. The van der Waals surface area contributed by atoms with E-state index in [9.17, 15) is 5.21 Å². The molecule has 1 aromatic heterocycles. The lowest BCUT2D eigenvalue weighted by atomic mass is 10.0.